The Morgan fingerprint density at radius 3 is 1.86 bits per heavy atom. The van der Waals surface area contributed by atoms with E-state index < -0.39 is 57.9 Å². The van der Waals surface area contributed by atoms with Crippen LogP contribution in [0.3, 0.4) is 0 Å². The number of hydrogen-bond acceptors (Lipinski definition) is 10. The summed E-state index contributed by atoms with van der Waals surface area (Å²) in [7, 11) is -4.65. The van der Waals surface area contributed by atoms with Gasteiger partial charge >= 0.3 is 19.8 Å². The zero-order valence-corrected chi connectivity index (χ0v) is 35.1. The topological polar surface area (TPSA) is 169 Å². The highest BCUT2D eigenvalue weighted by atomic mass is 31.2. The highest BCUT2D eigenvalue weighted by Crippen LogP contribution is 2.43. The number of rotatable bonds is 37. The van der Waals surface area contributed by atoms with Crippen molar-refractivity contribution >= 4 is 19.8 Å². The van der Waals surface area contributed by atoms with Crippen LogP contribution >= 0.6 is 7.82 Å². The van der Waals surface area contributed by atoms with Gasteiger partial charge in [-0.05, 0) is 77.0 Å². The van der Waals surface area contributed by atoms with Crippen LogP contribution in [0.15, 0.2) is 85.1 Å². The maximum absolute atomic E-state index is 12.6. The van der Waals surface area contributed by atoms with Crippen LogP contribution in [0.2, 0.25) is 0 Å². The summed E-state index contributed by atoms with van der Waals surface area (Å²) in [6.07, 6.45) is 41.7. The maximum atomic E-state index is 12.6. The Bertz CT molecular complexity index is 1220. The van der Waals surface area contributed by atoms with Crippen LogP contribution in [0, 0.1) is 0 Å². The van der Waals surface area contributed by atoms with Gasteiger partial charge in [0.25, 0.3) is 0 Å². The summed E-state index contributed by atoms with van der Waals surface area (Å²) in [6.45, 7) is 2.00. The molecule has 0 bridgehead atoms. The number of unbranched alkanes of at least 4 members (excludes halogenated alkanes) is 9. The van der Waals surface area contributed by atoms with Crippen LogP contribution in [-0.2, 0) is 32.7 Å². The number of ether oxygens (including phenoxy) is 2. The molecule has 0 aromatic carbocycles. The average Bonchev–Trinajstić information content (AvgIpc) is 3.18. The van der Waals surface area contributed by atoms with E-state index in [4.69, 9.17) is 19.1 Å². The van der Waals surface area contributed by atoms with E-state index in [1.807, 2.05) is 36.5 Å². The van der Waals surface area contributed by atoms with E-state index in [0.29, 0.717) is 25.7 Å². The average molecular weight is 809 g/mol. The van der Waals surface area contributed by atoms with E-state index in [0.717, 1.165) is 64.2 Å². The quantitative estimate of drug-likeness (QED) is 0.0155. The third-order valence-corrected chi connectivity index (χ3v) is 9.06. The second-order valence-electron chi connectivity index (χ2n) is 13.5. The summed E-state index contributed by atoms with van der Waals surface area (Å²) < 4.78 is 32.6. The van der Waals surface area contributed by atoms with Crippen molar-refractivity contribution in [3.05, 3.63) is 85.1 Å². The molecule has 0 rings (SSSR count). The molecule has 0 radical (unpaired) electrons. The van der Waals surface area contributed by atoms with Gasteiger partial charge in [-0.2, -0.15) is 0 Å². The van der Waals surface area contributed by atoms with Gasteiger partial charge in [0.1, 0.15) is 12.7 Å². The molecule has 0 saturated carbocycles. The van der Waals surface area contributed by atoms with Crippen LogP contribution in [0.25, 0.3) is 0 Å². The van der Waals surface area contributed by atoms with Gasteiger partial charge in [0, 0.05) is 12.8 Å². The highest BCUT2D eigenvalue weighted by Gasteiger charge is 2.27. The van der Waals surface area contributed by atoms with Gasteiger partial charge in [0.2, 0.25) is 0 Å². The van der Waals surface area contributed by atoms with Crippen molar-refractivity contribution in [2.45, 2.75) is 154 Å². The normalized spacial score (nSPS) is 15.3. The number of allylic oxidation sites excluding steroid dienone is 12. The molecule has 0 fully saturated rings. The molecule has 0 aliphatic rings. The van der Waals surface area contributed by atoms with Crippen molar-refractivity contribution in [2.24, 2.45) is 0 Å². The minimum Gasteiger partial charge on any atom is -0.462 e. The lowest BCUT2D eigenvalue weighted by Crippen LogP contribution is -2.29. The number of aliphatic hydroxyl groups is 3. The Balaban J connectivity index is 4.51. The fraction of sp³-hybridized carbons (Fsp3) is 0.636. The first-order valence-corrected chi connectivity index (χ1v) is 22.1. The van der Waals surface area contributed by atoms with Crippen LogP contribution in [0.5, 0.6) is 0 Å². The number of aliphatic hydroxyl groups excluding tert-OH is 3. The summed E-state index contributed by atoms with van der Waals surface area (Å²) in [5.41, 5.74) is 0. The molecule has 11 nitrogen and oxygen atoms in total. The maximum Gasteiger partial charge on any atom is 0.472 e. The zero-order valence-electron chi connectivity index (χ0n) is 34.2. The minimum absolute atomic E-state index is 0.121. The molecule has 0 aromatic heterocycles. The van der Waals surface area contributed by atoms with Crippen LogP contribution < -0.4 is 0 Å². The SMILES string of the molecule is CC/C=C/CC(O)/C=C/C=C/CCCCCCCC(=O)O[C@H](COC(=O)CCC/C=C\C/C=C\C/C=C\C/C=C\CCCCC)COP(=O)(O)OC[C@@H](O)CO. The first kappa shape index (κ1) is 53.1. The second-order valence-corrected chi connectivity index (χ2v) is 14.9. The molecule has 0 amide bonds. The Kier molecular flexibility index (Phi) is 36.9. The number of carbonyl (C=O) groups excluding carboxylic acids is 2. The molecule has 56 heavy (non-hydrogen) atoms. The van der Waals surface area contributed by atoms with Crippen molar-refractivity contribution < 1.29 is 52.9 Å². The van der Waals surface area contributed by atoms with E-state index in [9.17, 15) is 29.3 Å². The molecule has 0 heterocycles. The molecule has 0 aliphatic heterocycles. The van der Waals surface area contributed by atoms with Gasteiger partial charge in [0.15, 0.2) is 6.10 Å². The molecule has 4 atom stereocenters. The van der Waals surface area contributed by atoms with Crippen LogP contribution in [0.1, 0.15) is 136 Å². The Morgan fingerprint density at radius 2 is 1.20 bits per heavy atom. The fourth-order valence-electron chi connectivity index (χ4n) is 4.90. The summed E-state index contributed by atoms with van der Waals surface area (Å²) in [5, 5.41) is 28.2. The number of phosphoric acid groups is 1. The molecule has 4 N–H and O–H groups in total. The van der Waals surface area contributed by atoms with Gasteiger partial charge < -0.3 is 29.7 Å². The highest BCUT2D eigenvalue weighted by molar-refractivity contribution is 7.47. The predicted molar refractivity (Wildman–Crippen MR) is 225 cm³/mol. The number of phosphoric ester groups is 1. The van der Waals surface area contributed by atoms with Gasteiger partial charge in [-0.1, -0.05) is 131 Å². The standard InChI is InChI=1S/C44H73O11P/c1-3-5-7-8-9-10-11-12-13-14-15-16-17-20-23-26-30-34-43(48)52-38-42(39-54-56(50,51)53-37-41(47)36-45)55-44(49)35-31-27-24-21-18-19-22-25-29-33-40(46)32-28-6-4-2/h6,9-10,12-13,15-16,20,22-23,25,28-29,33,40-42,45-47H,3-5,7-8,11,14,17-19,21,24,26-27,30-32,34-39H2,1-2H3,(H,50,51)/b10-9-,13-12-,16-15-,23-20-,25-22+,28-6+,33-29+/t40?,41-,42+/m0/s1. The van der Waals surface area contributed by atoms with Crippen LogP contribution in [-0.4, -0.2) is 76.9 Å². The zero-order chi connectivity index (χ0) is 41.4. The summed E-state index contributed by atoms with van der Waals surface area (Å²) in [6, 6.07) is 0. The van der Waals surface area contributed by atoms with E-state index in [1.54, 1.807) is 6.08 Å². The lowest BCUT2D eigenvalue weighted by molar-refractivity contribution is -0.161. The summed E-state index contributed by atoms with van der Waals surface area (Å²) >= 11 is 0. The minimum atomic E-state index is -4.65. The first-order chi connectivity index (χ1) is 27.1. The molecule has 0 saturated heterocycles. The van der Waals surface area contributed by atoms with E-state index in [2.05, 4.69) is 60.9 Å². The monoisotopic (exact) mass is 808 g/mol. The van der Waals surface area contributed by atoms with Crippen molar-refractivity contribution in [1.82, 2.24) is 0 Å². The molecule has 0 aromatic rings. The van der Waals surface area contributed by atoms with Crippen molar-refractivity contribution in [3.63, 3.8) is 0 Å². The number of carbonyl (C=O) groups is 2. The predicted octanol–water partition coefficient (Wildman–Crippen LogP) is 9.63. The van der Waals surface area contributed by atoms with Crippen LogP contribution in [0.4, 0.5) is 0 Å². The third kappa shape index (κ3) is 38.0. The Hall–Kier alpha value is -2.89. The second kappa shape index (κ2) is 39.0. The molecule has 320 valence electrons. The molecular formula is C44H73O11P. The smallest absolute Gasteiger partial charge is 0.462 e. The lowest BCUT2D eigenvalue weighted by Gasteiger charge is -2.20. The molecular weight excluding hydrogens is 735 g/mol. The van der Waals surface area contributed by atoms with Crippen molar-refractivity contribution in [3.8, 4) is 0 Å². The van der Waals surface area contributed by atoms with E-state index >= 15 is 0 Å². The van der Waals surface area contributed by atoms with E-state index in [1.165, 1.54) is 19.3 Å². The van der Waals surface area contributed by atoms with Gasteiger partial charge in [-0.25, -0.2) is 4.57 Å². The van der Waals surface area contributed by atoms with Gasteiger partial charge in [0.05, 0.1) is 25.9 Å². The molecule has 0 aliphatic carbocycles. The number of hydrogen-bond donors (Lipinski definition) is 4. The molecule has 12 heteroatoms. The third-order valence-electron chi connectivity index (χ3n) is 8.11. The number of esters is 2. The van der Waals surface area contributed by atoms with Crippen molar-refractivity contribution in [2.75, 3.05) is 26.4 Å². The lowest BCUT2D eigenvalue weighted by atomic mass is 10.1. The summed E-state index contributed by atoms with van der Waals surface area (Å²) in [5.74, 6) is -1.05. The van der Waals surface area contributed by atoms with Gasteiger partial charge in [-0.15, -0.1) is 0 Å². The Labute approximate surface area is 337 Å². The molecule has 2 unspecified atom stereocenters. The molecule has 0 spiro atoms. The first-order valence-electron chi connectivity index (χ1n) is 20.7. The van der Waals surface area contributed by atoms with E-state index in [-0.39, 0.29) is 19.4 Å². The van der Waals surface area contributed by atoms with Crippen molar-refractivity contribution in [1.29, 1.82) is 0 Å². The summed E-state index contributed by atoms with van der Waals surface area (Å²) in [4.78, 5) is 34.9. The Morgan fingerprint density at radius 1 is 0.625 bits per heavy atom. The fourth-order valence-corrected chi connectivity index (χ4v) is 5.69. The van der Waals surface area contributed by atoms with Gasteiger partial charge in [-0.3, -0.25) is 18.6 Å². The largest absolute Gasteiger partial charge is 0.472 e.